The van der Waals surface area contributed by atoms with Gasteiger partial charge in [0.05, 0.1) is 20.1 Å². The summed E-state index contributed by atoms with van der Waals surface area (Å²) in [6.07, 6.45) is 0.863. The van der Waals surface area contributed by atoms with Crippen LogP contribution < -0.4 is 11.1 Å². The number of anilines is 1. The second-order valence-corrected chi connectivity index (χ2v) is 6.77. The highest BCUT2D eigenvalue weighted by atomic mass is 32.1. The van der Waals surface area contributed by atoms with E-state index in [-0.39, 0.29) is 16.7 Å². The summed E-state index contributed by atoms with van der Waals surface area (Å²) in [5, 5.41) is 15.4. The summed E-state index contributed by atoms with van der Waals surface area (Å²) in [5.41, 5.74) is 7.12. The molecule has 0 spiro atoms. The van der Waals surface area contributed by atoms with Gasteiger partial charge in [-0.1, -0.05) is 13.8 Å². The third kappa shape index (κ3) is 3.68. The Bertz CT molecular complexity index is 654. The van der Waals surface area contributed by atoms with Crippen LogP contribution in [0.25, 0.3) is 10.2 Å². The molecular weight excluding hydrogens is 288 g/mol. The van der Waals surface area contributed by atoms with Gasteiger partial charge in [0.1, 0.15) is 5.69 Å². The van der Waals surface area contributed by atoms with Crippen LogP contribution in [0.4, 0.5) is 11.4 Å². The first-order valence-electron chi connectivity index (χ1n) is 6.93. The van der Waals surface area contributed by atoms with Gasteiger partial charge < -0.3 is 11.1 Å². The van der Waals surface area contributed by atoms with E-state index in [2.05, 4.69) is 24.1 Å². The van der Waals surface area contributed by atoms with E-state index in [9.17, 15) is 10.1 Å². The van der Waals surface area contributed by atoms with Crippen LogP contribution in [0.3, 0.4) is 0 Å². The zero-order valence-corrected chi connectivity index (χ0v) is 13.2. The lowest BCUT2D eigenvalue weighted by atomic mass is 10.0. The van der Waals surface area contributed by atoms with Crippen molar-refractivity contribution < 1.29 is 4.92 Å². The van der Waals surface area contributed by atoms with Crippen LogP contribution in [0.5, 0.6) is 0 Å². The molecule has 1 atom stereocenters. The maximum atomic E-state index is 11.3. The Morgan fingerprint density at radius 3 is 2.76 bits per heavy atom. The number of nitrogens with zero attached hydrogens (tertiary/aromatic N) is 2. The fraction of sp³-hybridized carbons (Fsp3) is 0.500. The minimum absolute atomic E-state index is 0.0147. The summed E-state index contributed by atoms with van der Waals surface area (Å²) in [4.78, 5) is 15.3. The molecule has 1 aromatic heterocycles. The molecule has 0 fully saturated rings. The molecule has 21 heavy (non-hydrogen) atoms. The van der Waals surface area contributed by atoms with E-state index in [1.165, 1.54) is 11.3 Å². The van der Waals surface area contributed by atoms with Crippen molar-refractivity contribution >= 4 is 32.9 Å². The zero-order valence-electron chi connectivity index (χ0n) is 12.4. The molecule has 7 heteroatoms. The van der Waals surface area contributed by atoms with Crippen LogP contribution in [0.2, 0.25) is 0 Å². The van der Waals surface area contributed by atoms with Gasteiger partial charge >= 0.3 is 0 Å². The molecule has 0 aliphatic carbocycles. The van der Waals surface area contributed by atoms with E-state index in [4.69, 9.17) is 5.73 Å². The first-order valence-corrected chi connectivity index (χ1v) is 7.74. The van der Waals surface area contributed by atoms with Gasteiger partial charge in [0.25, 0.3) is 5.69 Å². The molecule has 1 aromatic carbocycles. The normalized spacial score (nSPS) is 12.8. The number of fused-ring (bicyclic) bond motifs is 1. The predicted molar refractivity (Wildman–Crippen MR) is 86.9 cm³/mol. The zero-order chi connectivity index (χ0) is 15.6. The number of nitro groups is 1. The Morgan fingerprint density at radius 1 is 1.48 bits per heavy atom. The van der Waals surface area contributed by atoms with Crippen LogP contribution in [0.15, 0.2) is 12.1 Å². The van der Waals surface area contributed by atoms with Crippen molar-refractivity contribution in [3.05, 3.63) is 27.3 Å². The lowest BCUT2D eigenvalue weighted by molar-refractivity contribution is -0.383. The molecule has 3 N–H and O–H groups in total. The average Bonchev–Trinajstić information content (AvgIpc) is 2.75. The molecule has 114 valence electrons. The molecule has 2 aromatic rings. The smallest absolute Gasteiger partial charge is 0.293 e. The predicted octanol–water partition coefficient (Wildman–Crippen LogP) is 3.30. The van der Waals surface area contributed by atoms with E-state index in [1.54, 1.807) is 12.1 Å². The molecular formula is C14H20N4O2S. The van der Waals surface area contributed by atoms with Gasteiger partial charge in [-0.25, -0.2) is 4.98 Å². The fourth-order valence-corrected chi connectivity index (χ4v) is 3.19. The molecule has 0 radical (unpaired) electrons. The quantitative estimate of drug-likeness (QED) is 0.630. The molecule has 0 saturated heterocycles. The Hall–Kier alpha value is -1.73. The summed E-state index contributed by atoms with van der Waals surface area (Å²) in [7, 11) is 0. The number of benzene rings is 1. The SMILES string of the molecule is Cc1nc2cc(NC(CN)CC(C)C)c([N+](=O)[O-])cc2s1. The second kappa shape index (κ2) is 6.36. The third-order valence-corrected chi connectivity index (χ3v) is 4.14. The van der Waals surface area contributed by atoms with Crippen LogP contribution in [0, 0.1) is 23.0 Å². The molecule has 0 bridgehead atoms. The number of nitrogens with one attached hydrogen (secondary N) is 1. The van der Waals surface area contributed by atoms with Gasteiger partial charge in [-0.3, -0.25) is 10.1 Å². The number of nitro benzene ring substituents is 1. The van der Waals surface area contributed by atoms with Crippen molar-refractivity contribution in [1.29, 1.82) is 0 Å². The highest BCUT2D eigenvalue weighted by Crippen LogP contribution is 2.33. The van der Waals surface area contributed by atoms with Crippen molar-refractivity contribution in [2.24, 2.45) is 11.7 Å². The molecule has 1 unspecified atom stereocenters. The van der Waals surface area contributed by atoms with Gasteiger partial charge in [0.2, 0.25) is 0 Å². The standard InChI is InChI=1S/C14H20N4O2S/c1-8(2)4-10(7-15)17-11-5-12-14(21-9(3)16-12)6-13(11)18(19)20/h5-6,8,10,17H,4,7,15H2,1-3H3. The van der Waals surface area contributed by atoms with Crippen molar-refractivity contribution in [3.63, 3.8) is 0 Å². The molecule has 1 heterocycles. The monoisotopic (exact) mass is 308 g/mol. The van der Waals surface area contributed by atoms with E-state index in [0.29, 0.717) is 18.2 Å². The van der Waals surface area contributed by atoms with Crippen LogP contribution >= 0.6 is 11.3 Å². The Kier molecular flexibility index (Phi) is 4.74. The molecule has 0 aliphatic heterocycles. The van der Waals surface area contributed by atoms with E-state index in [0.717, 1.165) is 21.6 Å². The maximum absolute atomic E-state index is 11.3. The highest BCUT2D eigenvalue weighted by Gasteiger charge is 2.20. The largest absolute Gasteiger partial charge is 0.375 e. The van der Waals surface area contributed by atoms with Crippen LogP contribution in [0.1, 0.15) is 25.3 Å². The number of rotatable bonds is 6. The summed E-state index contributed by atoms with van der Waals surface area (Å²) >= 11 is 1.46. The van der Waals surface area contributed by atoms with E-state index < -0.39 is 0 Å². The summed E-state index contributed by atoms with van der Waals surface area (Å²) in [5.74, 6) is 0.468. The Labute approximate surface area is 127 Å². The van der Waals surface area contributed by atoms with Crippen molar-refractivity contribution in [2.75, 3.05) is 11.9 Å². The topological polar surface area (TPSA) is 94.1 Å². The van der Waals surface area contributed by atoms with Gasteiger partial charge in [-0.15, -0.1) is 11.3 Å². The van der Waals surface area contributed by atoms with Crippen LogP contribution in [-0.2, 0) is 0 Å². The number of thiazole rings is 1. The number of hydrogen-bond acceptors (Lipinski definition) is 6. The third-order valence-electron chi connectivity index (χ3n) is 3.21. The Morgan fingerprint density at radius 2 is 2.19 bits per heavy atom. The van der Waals surface area contributed by atoms with Crippen molar-refractivity contribution in [2.45, 2.75) is 33.2 Å². The minimum Gasteiger partial charge on any atom is -0.375 e. The van der Waals surface area contributed by atoms with Crippen LogP contribution in [-0.4, -0.2) is 22.5 Å². The highest BCUT2D eigenvalue weighted by molar-refractivity contribution is 7.18. The van der Waals surface area contributed by atoms with E-state index >= 15 is 0 Å². The number of nitrogens with two attached hydrogens (primary N) is 1. The van der Waals surface area contributed by atoms with Gasteiger partial charge in [-0.2, -0.15) is 0 Å². The number of hydrogen-bond donors (Lipinski definition) is 2. The summed E-state index contributed by atoms with van der Waals surface area (Å²) < 4.78 is 0.831. The summed E-state index contributed by atoms with van der Waals surface area (Å²) in [6.45, 7) is 6.53. The Balaban J connectivity index is 2.40. The maximum Gasteiger partial charge on any atom is 0.293 e. The molecule has 0 amide bonds. The lowest BCUT2D eigenvalue weighted by Gasteiger charge is -2.19. The first-order chi connectivity index (χ1) is 9.90. The fourth-order valence-electron chi connectivity index (χ4n) is 2.35. The number of aromatic nitrogens is 1. The summed E-state index contributed by atoms with van der Waals surface area (Å²) in [6, 6.07) is 3.35. The molecule has 2 rings (SSSR count). The van der Waals surface area contributed by atoms with Gasteiger partial charge in [0.15, 0.2) is 0 Å². The number of aryl methyl sites for hydroxylation is 1. The second-order valence-electron chi connectivity index (χ2n) is 5.53. The average molecular weight is 308 g/mol. The van der Waals surface area contributed by atoms with E-state index in [1.807, 2.05) is 6.92 Å². The van der Waals surface area contributed by atoms with Gasteiger partial charge in [0, 0.05) is 18.7 Å². The molecule has 6 nitrogen and oxygen atoms in total. The lowest BCUT2D eigenvalue weighted by Crippen LogP contribution is -2.30. The minimum atomic E-state index is -0.361. The van der Waals surface area contributed by atoms with Crippen molar-refractivity contribution in [3.8, 4) is 0 Å². The molecule has 0 saturated carbocycles. The first kappa shape index (κ1) is 15.7. The van der Waals surface area contributed by atoms with Crippen molar-refractivity contribution in [1.82, 2.24) is 4.98 Å². The van der Waals surface area contributed by atoms with Gasteiger partial charge in [-0.05, 0) is 25.3 Å². The molecule has 0 aliphatic rings.